The van der Waals surface area contributed by atoms with Gasteiger partial charge in [-0.2, -0.15) is 0 Å². The molecular formula is C18H27N3OS. The van der Waals surface area contributed by atoms with Crippen molar-refractivity contribution in [1.82, 2.24) is 15.1 Å². The number of amides is 2. The SMILES string of the molecule is O=C(NC1CCCC1)N1CCC(N2CCc3sccc3C2)CC1. The molecule has 5 heteroatoms. The lowest BCUT2D eigenvalue weighted by atomic mass is 10.00. The topological polar surface area (TPSA) is 35.6 Å². The summed E-state index contributed by atoms with van der Waals surface area (Å²) in [6.07, 6.45) is 8.32. The van der Waals surface area contributed by atoms with E-state index in [1.807, 2.05) is 16.2 Å². The number of fused-ring (bicyclic) bond motifs is 1. The van der Waals surface area contributed by atoms with Crippen LogP contribution in [-0.4, -0.2) is 47.5 Å². The summed E-state index contributed by atoms with van der Waals surface area (Å²) in [5.41, 5.74) is 1.53. The average molecular weight is 334 g/mol. The maximum atomic E-state index is 12.4. The average Bonchev–Trinajstić information content (AvgIpc) is 3.25. The Morgan fingerprint density at radius 1 is 1.13 bits per heavy atom. The maximum absolute atomic E-state index is 12.4. The van der Waals surface area contributed by atoms with Gasteiger partial charge in [-0.3, -0.25) is 4.90 Å². The first kappa shape index (κ1) is 15.5. The predicted molar refractivity (Wildman–Crippen MR) is 93.8 cm³/mol. The molecule has 23 heavy (non-hydrogen) atoms. The summed E-state index contributed by atoms with van der Waals surface area (Å²) in [6, 6.07) is 3.54. The highest BCUT2D eigenvalue weighted by molar-refractivity contribution is 7.10. The fraction of sp³-hybridized carbons (Fsp3) is 0.722. The van der Waals surface area contributed by atoms with E-state index in [1.54, 1.807) is 4.88 Å². The molecule has 1 aliphatic carbocycles. The third kappa shape index (κ3) is 3.41. The van der Waals surface area contributed by atoms with Gasteiger partial charge < -0.3 is 10.2 Å². The lowest BCUT2D eigenvalue weighted by molar-refractivity contribution is 0.107. The second-order valence-electron chi connectivity index (χ2n) is 7.24. The Hall–Kier alpha value is -1.07. The quantitative estimate of drug-likeness (QED) is 0.902. The molecule has 1 saturated heterocycles. The van der Waals surface area contributed by atoms with Crippen LogP contribution < -0.4 is 5.32 Å². The van der Waals surface area contributed by atoms with Crippen molar-refractivity contribution in [3.8, 4) is 0 Å². The number of thiophene rings is 1. The number of rotatable bonds is 2. The van der Waals surface area contributed by atoms with Crippen molar-refractivity contribution in [2.45, 2.75) is 63.6 Å². The molecule has 0 spiro atoms. The van der Waals surface area contributed by atoms with Crippen molar-refractivity contribution in [3.05, 3.63) is 21.9 Å². The van der Waals surface area contributed by atoms with Gasteiger partial charge in [0.25, 0.3) is 0 Å². The van der Waals surface area contributed by atoms with Gasteiger partial charge in [0.15, 0.2) is 0 Å². The van der Waals surface area contributed by atoms with Gasteiger partial charge in [0.05, 0.1) is 0 Å². The molecule has 0 radical (unpaired) electrons. The fourth-order valence-corrected chi connectivity index (χ4v) is 5.24. The van der Waals surface area contributed by atoms with E-state index in [4.69, 9.17) is 0 Å². The number of hydrogen-bond acceptors (Lipinski definition) is 3. The van der Waals surface area contributed by atoms with Gasteiger partial charge in [-0.15, -0.1) is 11.3 Å². The number of piperidine rings is 1. The highest BCUT2D eigenvalue weighted by Crippen LogP contribution is 2.28. The Morgan fingerprint density at radius 2 is 1.91 bits per heavy atom. The van der Waals surface area contributed by atoms with Gasteiger partial charge in [0.1, 0.15) is 0 Å². The minimum absolute atomic E-state index is 0.175. The van der Waals surface area contributed by atoms with Crippen molar-refractivity contribution in [2.24, 2.45) is 0 Å². The molecule has 4 nitrogen and oxygen atoms in total. The number of urea groups is 1. The summed E-state index contributed by atoms with van der Waals surface area (Å²) in [7, 11) is 0. The van der Waals surface area contributed by atoms with Crippen molar-refractivity contribution in [2.75, 3.05) is 19.6 Å². The largest absolute Gasteiger partial charge is 0.335 e. The summed E-state index contributed by atoms with van der Waals surface area (Å²) in [5.74, 6) is 0. The Bertz CT molecular complexity index is 544. The molecule has 0 unspecified atom stereocenters. The number of nitrogens with one attached hydrogen (secondary N) is 1. The highest BCUT2D eigenvalue weighted by Gasteiger charge is 2.30. The summed E-state index contributed by atoms with van der Waals surface area (Å²) in [4.78, 5) is 18.6. The number of carbonyl (C=O) groups is 1. The zero-order chi connectivity index (χ0) is 15.6. The Morgan fingerprint density at radius 3 is 2.70 bits per heavy atom. The summed E-state index contributed by atoms with van der Waals surface area (Å²) in [5, 5.41) is 5.45. The lowest BCUT2D eigenvalue weighted by Gasteiger charge is -2.40. The number of likely N-dealkylation sites (tertiary alicyclic amines) is 1. The van der Waals surface area contributed by atoms with Gasteiger partial charge in [-0.25, -0.2) is 4.79 Å². The predicted octanol–water partition coefficient (Wildman–Crippen LogP) is 3.22. The minimum Gasteiger partial charge on any atom is -0.335 e. The van der Waals surface area contributed by atoms with E-state index in [0.29, 0.717) is 12.1 Å². The molecule has 0 aromatic carbocycles. The minimum atomic E-state index is 0.175. The second kappa shape index (κ2) is 6.81. The van der Waals surface area contributed by atoms with Crippen molar-refractivity contribution < 1.29 is 4.79 Å². The second-order valence-corrected chi connectivity index (χ2v) is 8.24. The van der Waals surface area contributed by atoms with E-state index in [2.05, 4.69) is 21.7 Å². The van der Waals surface area contributed by atoms with Crippen LogP contribution in [0.25, 0.3) is 0 Å². The van der Waals surface area contributed by atoms with Gasteiger partial charge in [0, 0.05) is 43.1 Å². The van der Waals surface area contributed by atoms with Crippen LogP contribution in [0.3, 0.4) is 0 Å². The van der Waals surface area contributed by atoms with Gasteiger partial charge in [-0.1, -0.05) is 12.8 Å². The molecule has 1 aromatic heterocycles. The van der Waals surface area contributed by atoms with E-state index in [-0.39, 0.29) is 6.03 Å². The van der Waals surface area contributed by atoms with E-state index < -0.39 is 0 Å². The first-order valence-electron chi connectivity index (χ1n) is 9.14. The standard InChI is InChI=1S/C18H27N3OS/c22-18(19-15-3-1-2-4-15)20-9-5-16(6-10-20)21-11-7-17-14(13-21)8-12-23-17/h8,12,15-16H,1-7,9-11,13H2,(H,19,22). The van der Waals surface area contributed by atoms with E-state index in [0.717, 1.165) is 32.5 Å². The van der Waals surface area contributed by atoms with Crippen LogP contribution in [0, 0.1) is 0 Å². The third-order valence-corrected chi connectivity index (χ3v) is 6.81. The van der Waals surface area contributed by atoms with Gasteiger partial charge in [-0.05, 0) is 49.1 Å². The summed E-state index contributed by atoms with van der Waals surface area (Å²) >= 11 is 1.91. The number of carbonyl (C=O) groups excluding carboxylic acids is 1. The zero-order valence-electron chi connectivity index (χ0n) is 13.8. The molecule has 4 rings (SSSR count). The van der Waals surface area contributed by atoms with E-state index in [1.165, 1.54) is 44.2 Å². The number of nitrogens with zero attached hydrogens (tertiary/aromatic N) is 2. The molecule has 3 heterocycles. The van der Waals surface area contributed by atoms with Crippen molar-refractivity contribution in [1.29, 1.82) is 0 Å². The number of hydrogen-bond donors (Lipinski definition) is 1. The molecular weight excluding hydrogens is 306 g/mol. The van der Waals surface area contributed by atoms with Crippen molar-refractivity contribution in [3.63, 3.8) is 0 Å². The zero-order valence-corrected chi connectivity index (χ0v) is 14.6. The molecule has 2 fully saturated rings. The third-order valence-electron chi connectivity index (χ3n) is 5.79. The molecule has 1 aromatic rings. The molecule has 0 atom stereocenters. The lowest BCUT2D eigenvalue weighted by Crippen LogP contribution is -2.51. The molecule has 2 amide bonds. The smallest absolute Gasteiger partial charge is 0.317 e. The van der Waals surface area contributed by atoms with Crippen LogP contribution in [0.2, 0.25) is 0 Å². The van der Waals surface area contributed by atoms with Crippen LogP contribution in [0.15, 0.2) is 11.4 Å². The normalized spacial score (nSPS) is 23.9. The molecule has 126 valence electrons. The van der Waals surface area contributed by atoms with Crippen LogP contribution >= 0.6 is 11.3 Å². The fourth-order valence-electron chi connectivity index (χ4n) is 4.35. The Balaban J connectivity index is 1.27. The molecule has 1 saturated carbocycles. The highest BCUT2D eigenvalue weighted by atomic mass is 32.1. The maximum Gasteiger partial charge on any atom is 0.317 e. The van der Waals surface area contributed by atoms with Crippen LogP contribution in [0.1, 0.15) is 49.0 Å². The Labute approximate surface area is 142 Å². The van der Waals surface area contributed by atoms with Crippen LogP contribution in [0.4, 0.5) is 4.79 Å². The van der Waals surface area contributed by atoms with E-state index >= 15 is 0 Å². The first-order valence-corrected chi connectivity index (χ1v) is 10.0. The van der Waals surface area contributed by atoms with Gasteiger partial charge >= 0.3 is 6.03 Å². The molecule has 1 N–H and O–H groups in total. The van der Waals surface area contributed by atoms with Crippen LogP contribution in [-0.2, 0) is 13.0 Å². The van der Waals surface area contributed by atoms with Crippen molar-refractivity contribution >= 4 is 17.4 Å². The molecule has 2 aliphatic heterocycles. The summed E-state index contributed by atoms with van der Waals surface area (Å²) in [6.45, 7) is 4.12. The monoisotopic (exact) mass is 333 g/mol. The van der Waals surface area contributed by atoms with Gasteiger partial charge in [0.2, 0.25) is 0 Å². The first-order chi connectivity index (χ1) is 11.3. The Kier molecular flexibility index (Phi) is 4.58. The molecule has 3 aliphatic rings. The molecule has 0 bridgehead atoms. The van der Waals surface area contributed by atoms with Crippen LogP contribution in [0.5, 0.6) is 0 Å². The summed E-state index contributed by atoms with van der Waals surface area (Å²) < 4.78 is 0. The van der Waals surface area contributed by atoms with E-state index in [9.17, 15) is 4.79 Å².